The Kier molecular flexibility index (Phi) is 5.07. The monoisotopic (exact) mass is 304 g/mol. The third-order valence-electron chi connectivity index (χ3n) is 3.27. The van der Waals surface area contributed by atoms with E-state index in [9.17, 15) is 9.59 Å². The Hall–Kier alpha value is -1.75. The van der Waals surface area contributed by atoms with Gasteiger partial charge in [0.05, 0.1) is 6.42 Å². The highest BCUT2D eigenvalue weighted by Gasteiger charge is 2.39. The van der Waals surface area contributed by atoms with Crippen LogP contribution in [0.3, 0.4) is 0 Å². The van der Waals surface area contributed by atoms with Gasteiger partial charge in [-0.05, 0) is 26.0 Å². The van der Waals surface area contributed by atoms with E-state index in [4.69, 9.17) is 0 Å². The third-order valence-corrected chi connectivity index (χ3v) is 4.34. The van der Waals surface area contributed by atoms with Crippen molar-refractivity contribution in [3.05, 3.63) is 36.9 Å². The van der Waals surface area contributed by atoms with Crippen LogP contribution >= 0.6 is 11.8 Å². The van der Waals surface area contributed by atoms with E-state index in [2.05, 4.69) is 11.9 Å². The number of anilines is 1. The third kappa shape index (κ3) is 3.47. The maximum absolute atomic E-state index is 12.3. The first-order valence-corrected chi connectivity index (χ1v) is 7.98. The molecule has 0 aliphatic carbocycles. The highest BCUT2D eigenvalue weighted by Crippen LogP contribution is 2.29. The molecule has 1 N–H and O–H groups in total. The lowest BCUT2D eigenvalue weighted by Gasteiger charge is -2.20. The first kappa shape index (κ1) is 15.6. The van der Waals surface area contributed by atoms with Crippen LogP contribution in [0.15, 0.2) is 41.8 Å². The molecule has 1 aromatic rings. The second-order valence-corrected chi connectivity index (χ2v) is 6.25. The van der Waals surface area contributed by atoms with E-state index >= 15 is 0 Å². The van der Waals surface area contributed by atoms with Crippen LogP contribution in [0, 0.1) is 0 Å². The quantitative estimate of drug-likeness (QED) is 0.499. The normalized spacial score (nSPS) is 18.4. The zero-order valence-electron chi connectivity index (χ0n) is 12.3. The Bertz CT molecular complexity index is 557. The van der Waals surface area contributed by atoms with Crippen LogP contribution in [-0.4, -0.2) is 34.6 Å². The number of para-hydroxylation sites is 1. The predicted octanol–water partition coefficient (Wildman–Crippen LogP) is 2.91. The van der Waals surface area contributed by atoms with Crippen LogP contribution in [0.1, 0.15) is 20.3 Å². The summed E-state index contributed by atoms with van der Waals surface area (Å²) < 4.78 is 0. The van der Waals surface area contributed by atoms with Gasteiger partial charge in [-0.2, -0.15) is 0 Å². The number of likely N-dealkylation sites (tertiary alicyclic amines) is 1. The summed E-state index contributed by atoms with van der Waals surface area (Å²) in [6.07, 6.45) is 2.06. The van der Waals surface area contributed by atoms with Crippen LogP contribution in [0.2, 0.25) is 0 Å². The van der Waals surface area contributed by atoms with Crippen LogP contribution in [0.4, 0.5) is 5.69 Å². The fraction of sp³-hybridized carbons (Fsp3) is 0.375. The average Bonchev–Trinajstić information content (AvgIpc) is 2.72. The van der Waals surface area contributed by atoms with Crippen LogP contribution in [0.5, 0.6) is 0 Å². The summed E-state index contributed by atoms with van der Waals surface area (Å²) in [4.78, 5) is 26.6. The summed E-state index contributed by atoms with van der Waals surface area (Å²) in [5.41, 5.74) is 0.890. The highest BCUT2D eigenvalue weighted by molar-refractivity contribution is 7.99. The molecule has 1 aliphatic rings. The van der Waals surface area contributed by atoms with Gasteiger partial charge in [-0.25, -0.2) is 0 Å². The van der Waals surface area contributed by atoms with E-state index in [1.165, 1.54) is 4.90 Å². The summed E-state index contributed by atoms with van der Waals surface area (Å²) in [6, 6.07) is 7.24. The van der Waals surface area contributed by atoms with Crippen LogP contribution in [-0.2, 0) is 9.59 Å². The van der Waals surface area contributed by atoms with Crippen molar-refractivity contribution in [2.24, 2.45) is 0 Å². The van der Waals surface area contributed by atoms with Gasteiger partial charge in [0.25, 0.3) is 5.91 Å². The number of carbonyl (C=O) groups excluding carboxylic acids is 2. The molecule has 1 saturated heterocycles. The zero-order chi connectivity index (χ0) is 15.4. The van der Waals surface area contributed by atoms with Gasteiger partial charge in [0.2, 0.25) is 5.91 Å². The number of benzene rings is 1. The molecule has 0 saturated carbocycles. The molecule has 2 amide bonds. The van der Waals surface area contributed by atoms with Crippen LogP contribution < -0.4 is 5.32 Å². The Morgan fingerprint density at radius 1 is 1.43 bits per heavy atom. The number of imide groups is 1. The van der Waals surface area contributed by atoms with Gasteiger partial charge in [0.15, 0.2) is 0 Å². The van der Waals surface area contributed by atoms with E-state index in [-0.39, 0.29) is 24.3 Å². The van der Waals surface area contributed by atoms with Crippen molar-refractivity contribution < 1.29 is 9.59 Å². The van der Waals surface area contributed by atoms with Crippen LogP contribution in [0.25, 0.3) is 0 Å². The highest BCUT2D eigenvalue weighted by atomic mass is 32.2. The molecule has 1 atom stereocenters. The summed E-state index contributed by atoms with van der Waals surface area (Å²) in [5, 5.41) is 3.22. The first-order valence-electron chi connectivity index (χ1n) is 6.99. The largest absolute Gasteiger partial charge is 0.372 e. The van der Waals surface area contributed by atoms with Gasteiger partial charge in [0, 0.05) is 22.4 Å². The van der Waals surface area contributed by atoms with E-state index in [0.717, 1.165) is 16.3 Å². The van der Waals surface area contributed by atoms with E-state index in [1.807, 2.05) is 44.2 Å². The minimum absolute atomic E-state index is 0.0952. The first-order chi connectivity index (χ1) is 10.0. The SMILES string of the molecule is C=CCSc1ccccc1NC1CC(=O)N(C(C)C)C1=O. The molecular weight excluding hydrogens is 284 g/mol. The molecule has 21 heavy (non-hydrogen) atoms. The molecule has 0 radical (unpaired) electrons. The molecule has 1 heterocycles. The fourth-order valence-corrected chi connectivity index (χ4v) is 3.11. The molecule has 1 fully saturated rings. The Morgan fingerprint density at radius 3 is 2.76 bits per heavy atom. The number of amides is 2. The second-order valence-electron chi connectivity index (χ2n) is 5.19. The maximum Gasteiger partial charge on any atom is 0.252 e. The molecule has 0 bridgehead atoms. The predicted molar refractivity (Wildman–Crippen MR) is 86.4 cm³/mol. The zero-order valence-corrected chi connectivity index (χ0v) is 13.2. The van der Waals surface area contributed by atoms with Crippen molar-refractivity contribution in [1.82, 2.24) is 4.90 Å². The summed E-state index contributed by atoms with van der Waals surface area (Å²) in [7, 11) is 0. The van der Waals surface area contributed by atoms with E-state index in [1.54, 1.807) is 11.8 Å². The number of hydrogen-bond acceptors (Lipinski definition) is 4. The molecule has 1 unspecified atom stereocenters. The molecule has 5 heteroatoms. The molecular formula is C16H20N2O2S. The number of hydrogen-bond donors (Lipinski definition) is 1. The summed E-state index contributed by atoms with van der Waals surface area (Å²) in [5.74, 6) is 0.552. The molecule has 4 nitrogen and oxygen atoms in total. The molecule has 112 valence electrons. The van der Waals surface area contributed by atoms with Crippen molar-refractivity contribution in [1.29, 1.82) is 0 Å². The lowest BCUT2D eigenvalue weighted by molar-refractivity contribution is -0.140. The smallest absolute Gasteiger partial charge is 0.252 e. The number of nitrogens with one attached hydrogen (secondary N) is 1. The van der Waals surface area contributed by atoms with Crippen molar-refractivity contribution in [2.45, 2.75) is 37.2 Å². The van der Waals surface area contributed by atoms with Crippen molar-refractivity contribution in [3.63, 3.8) is 0 Å². The molecule has 1 aromatic carbocycles. The molecule has 0 spiro atoms. The Labute approximate surface area is 129 Å². The number of rotatable bonds is 6. The topological polar surface area (TPSA) is 49.4 Å². The van der Waals surface area contributed by atoms with Gasteiger partial charge in [-0.15, -0.1) is 18.3 Å². The number of thioether (sulfide) groups is 1. The maximum atomic E-state index is 12.3. The van der Waals surface area contributed by atoms with Gasteiger partial charge in [-0.1, -0.05) is 18.2 Å². The van der Waals surface area contributed by atoms with Gasteiger partial charge in [-0.3, -0.25) is 14.5 Å². The standard InChI is InChI=1S/C16H20N2O2S/c1-4-9-21-14-8-6-5-7-12(14)17-13-10-15(19)18(11(2)3)16(13)20/h4-8,11,13,17H,1,9-10H2,2-3H3. The number of carbonyl (C=O) groups is 2. The van der Waals surface area contributed by atoms with E-state index < -0.39 is 6.04 Å². The average molecular weight is 304 g/mol. The van der Waals surface area contributed by atoms with Gasteiger partial charge in [0.1, 0.15) is 6.04 Å². The Morgan fingerprint density at radius 2 is 2.14 bits per heavy atom. The minimum atomic E-state index is -0.467. The lowest BCUT2D eigenvalue weighted by Crippen LogP contribution is -2.39. The summed E-state index contributed by atoms with van der Waals surface area (Å²) in [6.45, 7) is 7.42. The van der Waals surface area contributed by atoms with Crippen molar-refractivity contribution >= 4 is 29.3 Å². The fourth-order valence-electron chi connectivity index (χ4n) is 2.35. The van der Waals surface area contributed by atoms with Crippen molar-refractivity contribution in [3.8, 4) is 0 Å². The molecule has 1 aliphatic heterocycles. The molecule has 0 aromatic heterocycles. The number of nitrogens with zero attached hydrogens (tertiary/aromatic N) is 1. The summed E-state index contributed by atoms with van der Waals surface area (Å²) >= 11 is 1.65. The molecule has 2 rings (SSSR count). The minimum Gasteiger partial charge on any atom is -0.372 e. The second kappa shape index (κ2) is 6.80. The van der Waals surface area contributed by atoms with Gasteiger partial charge < -0.3 is 5.32 Å². The van der Waals surface area contributed by atoms with Crippen molar-refractivity contribution in [2.75, 3.05) is 11.1 Å². The lowest BCUT2D eigenvalue weighted by atomic mass is 10.2. The van der Waals surface area contributed by atoms with Gasteiger partial charge >= 0.3 is 0 Å². The van der Waals surface area contributed by atoms with E-state index in [0.29, 0.717) is 0 Å². The Balaban J connectivity index is 2.14.